The van der Waals surface area contributed by atoms with Crippen molar-refractivity contribution < 1.29 is 22.7 Å². The minimum absolute atomic E-state index is 0.0655. The number of hydrogen-bond acceptors (Lipinski definition) is 5. The number of aryl methyl sites for hydroxylation is 1. The smallest absolute Gasteiger partial charge is 0.265 e. The van der Waals surface area contributed by atoms with E-state index in [1.165, 1.54) is 12.1 Å². The van der Waals surface area contributed by atoms with Crippen molar-refractivity contribution in [2.24, 2.45) is 0 Å². The minimum atomic E-state index is -3.78. The van der Waals surface area contributed by atoms with Gasteiger partial charge >= 0.3 is 0 Å². The number of para-hydroxylation sites is 1. The highest BCUT2D eigenvalue weighted by molar-refractivity contribution is 7.92. The van der Waals surface area contributed by atoms with Crippen LogP contribution in [0.3, 0.4) is 0 Å². The standard InChI is InChI=1S/C26H28N2O5S/c1-4-32-22-11-9-21(10-12-22)27-34(30,31)23-13-14-25(18(2)15-23)33-17-26(29)28-19(3)16-20-7-5-6-8-24(20)28/h5-15,19,27H,4,16-17H2,1-3H3/t19-/m1/s1. The first-order chi connectivity index (χ1) is 16.3. The Hall–Kier alpha value is -3.52. The van der Waals surface area contributed by atoms with E-state index in [1.54, 1.807) is 42.2 Å². The summed E-state index contributed by atoms with van der Waals surface area (Å²) in [4.78, 5) is 14.8. The maximum atomic E-state index is 12.9. The van der Waals surface area contributed by atoms with Crippen LogP contribution in [0.5, 0.6) is 11.5 Å². The van der Waals surface area contributed by atoms with Crippen LogP contribution in [0.1, 0.15) is 25.0 Å². The summed E-state index contributed by atoms with van der Waals surface area (Å²) in [5.41, 5.74) is 3.13. The van der Waals surface area contributed by atoms with Gasteiger partial charge in [-0.3, -0.25) is 9.52 Å². The van der Waals surface area contributed by atoms with Gasteiger partial charge in [-0.1, -0.05) is 18.2 Å². The fraction of sp³-hybridized carbons (Fsp3) is 0.269. The zero-order chi connectivity index (χ0) is 24.3. The molecule has 7 nitrogen and oxygen atoms in total. The summed E-state index contributed by atoms with van der Waals surface area (Å²) in [6.07, 6.45) is 0.814. The van der Waals surface area contributed by atoms with Crippen LogP contribution < -0.4 is 19.1 Å². The average molecular weight is 481 g/mol. The van der Waals surface area contributed by atoms with Crippen molar-refractivity contribution >= 4 is 27.3 Å². The number of nitrogens with zero attached hydrogens (tertiary/aromatic N) is 1. The molecule has 0 aliphatic carbocycles. The predicted octanol–water partition coefficient (Wildman–Crippen LogP) is 4.55. The van der Waals surface area contributed by atoms with Crippen LogP contribution in [0, 0.1) is 6.92 Å². The second-order valence-corrected chi connectivity index (χ2v) is 9.91. The van der Waals surface area contributed by atoms with E-state index in [0.29, 0.717) is 29.4 Å². The minimum Gasteiger partial charge on any atom is -0.494 e. The largest absolute Gasteiger partial charge is 0.494 e. The number of benzene rings is 3. The Morgan fingerprint density at radius 1 is 1.06 bits per heavy atom. The maximum absolute atomic E-state index is 12.9. The van der Waals surface area contributed by atoms with E-state index >= 15 is 0 Å². The summed E-state index contributed by atoms with van der Waals surface area (Å²) < 4.78 is 39.4. The molecular weight excluding hydrogens is 452 g/mol. The number of fused-ring (bicyclic) bond motifs is 1. The van der Waals surface area contributed by atoms with E-state index in [-0.39, 0.29) is 23.5 Å². The first-order valence-electron chi connectivity index (χ1n) is 11.2. The molecular formula is C26H28N2O5S. The zero-order valence-corrected chi connectivity index (χ0v) is 20.3. The maximum Gasteiger partial charge on any atom is 0.265 e. The highest BCUT2D eigenvalue weighted by Crippen LogP contribution is 2.32. The lowest BCUT2D eigenvalue weighted by Gasteiger charge is -2.23. The van der Waals surface area contributed by atoms with Gasteiger partial charge in [0.1, 0.15) is 11.5 Å². The lowest BCUT2D eigenvalue weighted by molar-refractivity contribution is -0.120. The number of anilines is 2. The van der Waals surface area contributed by atoms with Crippen LogP contribution in [0.25, 0.3) is 0 Å². The molecule has 3 aromatic carbocycles. The van der Waals surface area contributed by atoms with Gasteiger partial charge in [-0.2, -0.15) is 0 Å². The topological polar surface area (TPSA) is 84.9 Å². The summed E-state index contributed by atoms with van der Waals surface area (Å²) in [5, 5.41) is 0. The first-order valence-corrected chi connectivity index (χ1v) is 12.7. The number of hydrogen-bond donors (Lipinski definition) is 1. The van der Waals surface area contributed by atoms with Crippen LogP contribution in [-0.4, -0.2) is 33.6 Å². The predicted molar refractivity (Wildman–Crippen MR) is 132 cm³/mol. The Balaban J connectivity index is 1.42. The molecule has 34 heavy (non-hydrogen) atoms. The molecule has 0 saturated heterocycles. The molecule has 1 aliphatic rings. The number of carbonyl (C=O) groups excluding carboxylic acids is 1. The molecule has 3 aromatic rings. The zero-order valence-electron chi connectivity index (χ0n) is 19.4. The Labute approximate surface area is 200 Å². The van der Waals surface area contributed by atoms with Crippen molar-refractivity contribution in [3.8, 4) is 11.5 Å². The van der Waals surface area contributed by atoms with Crippen molar-refractivity contribution in [3.05, 3.63) is 77.9 Å². The molecule has 1 N–H and O–H groups in total. The van der Waals surface area contributed by atoms with E-state index in [0.717, 1.165) is 17.7 Å². The van der Waals surface area contributed by atoms with Gasteiger partial charge in [-0.25, -0.2) is 8.42 Å². The Morgan fingerprint density at radius 3 is 2.50 bits per heavy atom. The van der Waals surface area contributed by atoms with Crippen LogP contribution in [0.15, 0.2) is 71.6 Å². The van der Waals surface area contributed by atoms with E-state index in [2.05, 4.69) is 4.72 Å². The van der Waals surface area contributed by atoms with Crippen LogP contribution in [0.4, 0.5) is 11.4 Å². The number of rotatable bonds is 8. The Morgan fingerprint density at radius 2 is 1.79 bits per heavy atom. The van der Waals surface area contributed by atoms with Gasteiger partial charge in [0, 0.05) is 17.4 Å². The van der Waals surface area contributed by atoms with Gasteiger partial charge in [-0.05, 0) is 86.8 Å². The number of ether oxygens (including phenoxy) is 2. The normalized spacial score (nSPS) is 15.0. The number of amides is 1. The van der Waals surface area contributed by atoms with Crippen molar-refractivity contribution in [2.45, 2.75) is 38.1 Å². The van der Waals surface area contributed by atoms with Gasteiger partial charge in [0.2, 0.25) is 0 Å². The van der Waals surface area contributed by atoms with E-state index in [9.17, 15) is 13.2 Å². The number of nitrogens with one attached hydrogen (secondary N) is 1. The summed E-state index contributed by atoms with van der Waals surface area (Å²) >= 11 is 0. The Kier molecular flexibility index (Phi) is 6.79. The first kappa shape index (κ1) is 23.6. The molecule has 0 unspecified atom stereocenters. The Bertz CT molecular complexity index is 1290. The highest BCUT2D eigenvalue weighted by atomic mass is 32.2. The molecule has 0 fully saturated rings. The molecule has 0 bridgehead atoms. The average Bonchev–Trinajstić information content (AvgIpc) is 3.15. The molecule has 178 valence electrons. The summed E-state index contributed by atoms with van der Waals surface area (Å²) in [6.45, 7) is 6.06. The molecule has 0 radical (unpaired) electrons. The summed E-state index contributed by atoms with van der Waals surface area (Å²) in [6, 6.07) is 19.2. The molecule has 0 saturated carbocycles. The van der Waals surface area contributed by atoms with Gasteiger partial charge in [0.25, 0.3) is 15.9 Å². The second kappa shape index (κ2) is 9.77. The molecule has 1 atom stereocenters. The van der Waals surface area contributed by atoms with E-state index in [1.807, 2.05) is 38.1 Å². The molecule has 1 aliphatic heterocycles. The fourth-order valence-corrected chi connectivity index (χ4v) is 5.25. The third-order valence-corrected chi connectivity index (χ3v) is 7.08. The van der Waals surface area contributed by atoms with Gasteiger partial charge < -0.3 is 14.4 Å². The summed E-state index contributed by atoms with van der Waals surface area (Å²) in [7, 11) is -3.78. The van der Waals surface area contributed by atoms with Crippen LogP contribution >= 0.6 is 0 Å². The molecule has 8 heteroatoms. The van der Waals surface area contributed by atoms with Gasteiger partial charge in [0.15, 0.2) is 6.61 Å². The van der Waals surface area contributed by atoms with E-state index < -0.39 is 10.0 Å². The van der Waals surface area contributed by atoms with Crippen LogP contribution in [-0.2, 0) is 21.2 Å². The lowest BCUT2D eigenvalue weighted by Crippen LogP contribution is -2.39. The molecule has 4 rings (SSSR count). The monoisotopic (exact) mass is 480 g/mol. The van der Waals surface area contributed by atoms with Crippen molar-refractivity contribution in [3.63, 3.8) is 0 Å². The molecule has 0 aromatic heterocycles. The highest BCUT2D eigenvalue weighted by Gasteiger charge is 2.30. The van der Waals surface area contributed by atoms with Crippen molar-refractivity contribution in [2.75, 3.05) is 22.8 Å². The lowest BCUT2D eigenvalue weighted by atomic mass is 10.1. The fourth-order valence-electron chi connectivity index (χ4n) is 4.11. The van der Waals surface area contributed by atoms with Gasteiger partial charge in [-0.15, -0.1) is 0 Å². The van der Waals surface area contributed by atoms with Crippen molar-refractivity contribution in [1.29, 1.82) is 0 Å². The number of carbonyl (C=O) groups is 1. The van der Waals surface area contributed by atoms with Crippen LogP contribution in [0.2, 0.25) is 0 Å². The van der Waals surface area contributed by atoms with Crippen molar-refractivity contribution in [1.82, 2.24) is 0 Å². The molecule has 0 spiro atoms. The third-order valence-electron chi connectivity index (χ3n) is 5.70. The number of sulfonamides is 1. The van der Waals surface area contributed by atoms with E-state index in [4.69, 9.17) is 9.47 Å². The SMILES string of the molecule is CCOc1ccc(NS(=O)(=O)c2ccc(OCC(=O)N3c4ccccc4C[C@H]3C)c(C)c2)cc1. The quantitative estimate of drug-likeness (QED) is 0.511. The second-order valence-electron chi connectivity index (χ2n) is 8.22. The molecule has 1 amide bonds. The van der Waals surface area contributed by atoms with Gasteiger partial charge in [0.05, 0.1) is 11.5 Å². The summed E-state index contributed by atoms with van der Waals surface area (Å²) in [5.74, 6) is 1.00. The third kappa shape index (κ3) is 5.02. The molecule has 1 heterocycles.